The van der Waals surface area contributed by atoms with E-state index < -0.39 is 0 Å². The highest BCUT2D eigenvalue weighted by molar-refractivity contribution is 5.94. The van der Waals surface area contributed by atoms with Gasteiger partial charge in [-0.2, -0.15) is 0 Å². The van der Waals surface area contributed by atoms with Gasteiger partial charge < -0.3 is 24.1 Å². The number of carbonyl (C=O) groups is 1. The normalized spacial score (nSPS) is 10.8. The zero-order chi connectivity index (χ0) is 24.1. The smallest absolute Gasteiger partial charge is 0.251 e. The molecule has 7 nitrogen and oxygen atoms in total. The molecule has 176 valence electrons. The number of amides is 1. The van der Waals surface area contributed by atoms with Crippen LogP contribution in [-0.2, 0) is 13.1 Å². The van der Waals surface area contributed by atoms with E-state index >= 15 is 0 Å². The summed E-state index contributed by atoms with van der Waals surface area (Å²) >= 11 is 0. The molecule has 0 saturated carbocycles. The lowest BCUT2D eigenvalue weighted by molar-refractivity contribution is 0.0949. The SMILES string of the molecule is COc1ccc(C(=O)NCc2nc3ccccc3n2CCOc2ccc(C)c(C)c2)cc1OC. The molecule has 1 N–H and O–H groups in total. The van der Waals surface area contributed by atoms with Crippen LogP contribution in [0.25, 0.3) is 11.0 Å². The molecule has 0 saturated heterocycles. The maximum atomic E-state index is 12.8. The number of hydrogen-bond donors (Lipinski definition) is 1. The zero-order valence-corrected chi connectivity index (χ0v) is 19.9. The van der Waals surface area contributed by atoms with E-state index in [1.54, 1.807) is 32.4 Å². The minimum atomic E-state index is -0.217. The predicted molar refractivity (Wildman–Crippen MR) is 132 cm³/mol. The van der Waals surface area contributed by atoms with E-state index in [-0.39, 0.29) is 12.5 Å². The van der Waals surface area contributed by atoms with Gasteiger partial charge in [0.2, 0.25) is 0 Å². The van der Waals surface area contributed by atoms with Crippen LogP contribution in [0.15, 0.2) is 60.7 Å². The summed E-state index contributed by atoms with van der Waals surface area (Å²) in [5.74, 6) is 2.47. The minimum Gasteiger partial charge on any atom is -0.493 e. The topological polar surface area (TPSA) is 74.6 Å². The van der Waals surface area contributed by atoms with E-state index in [1.807, 2.05) is 36.4 Å². The minimum absolute atomic E-state index is 0.217. The molecule has 1 amide bonds. The number of ether oxygens (including phenoxy) is 3. The Bertz CT molecular complexity index is 1310. The zero-order valence-electron chi connectivity index (χ0n) is 19.9. The molecule has 0 spiro atoms. The molecular weight excluding hydrogens is 430 g/mol. The van der Waals surface area contributed by atoms with Gasteiger partial charge in [0.05, 0.1) is 38.3 Å². The molecule has 0 fully saturated rings. The maximum absolute atomic E-state index is 12.8. The quantitative estimate of drug-likeness (QED) is 0.393. The molecule has 7 heteroatoms. The van der Waals surface area contributed by atoms with E-state index in [4.69, 9.17) is 19.2 Å². The second-order valence-corrected chi connectivity index (χ2v) is 8.02. The number of fused-ring (bicyclic) bond motifs is 1. The van der Waals surface area contributed by atoms with E-state index in [9.17, 15) is 4.79 Å². The van der Waals surface area contributed by atoms with Gasteiger partial charge in [0.25, 0.3) is 5.91 Å². The van der Waals surface area contributed by atoms with Gasteiger partial charge in [-0.3, -0.25) is 4.79 Å². The molecule has 0 aliphatic rings. The molecule has 4 aromatic rings. The molecule has 1 heterocycles. The average Bonchev–Trinajstić information content (AvgIpc) is 3.21. The highest BCUT2D eigenvalue weighted by Gasteiger charge is 2.14. The Balaban J connectivity index is 1.48. The molecule has 1 aromatic heterocycles. The number of hydrogen-bond acceptors (Lipinski definition) is 5. The van der Waals surface area contributed by atoms with Gasteiger partial charge in [-0.15, -0.1) is 0 Å². The van der Waals surface area contributed by atoms with Crippen molar-refractivity contribution in [2.24, 2.45) is 0 Å². The Labute approximate surface area is 199 Å². The third kappa shape index (κ3) is 4.98. The van der Waals surface area contributed by atoms with Gasteiger partial charge in [0, 0.05) is 5.56 Å². The lowest BCUT2D eigenvalue weighted by Gasteiger charge is -2.13. The number of para-hydroxylation sites is 2. The van der Waals surface area contributed by atoms with E-state index in [1.165, 1.54) is 11.1 Å². The molecule has 0 aliphatic carbocycles. The largest absolute Gasteiger partial charge is 0.493 e. The summed E-state index contributed by atoms with van der Waals surface area (Å²) in [7, 11) is 3.10. The number of nitrogens with one attached hydrogen (secondary N) is 1. The summed E-state index contributed by atoms with van der Waals surface area (Å²) in [5, 5.41) is 2.97. The van der Waals surface area contributed by atoms with Crippen molar-refractivity contribution >= 4 is 16.9 Å². The second-order valence-electron chi connectivity index (χ2n) is 8.02. The Morgan fingerprint density at radius 1 is 0.941 bits per heavy atom. The van der Waals surface area contributed by atoms with Gasteiger partial charge in [0.15, 0.2) is 11.5 Å². The van der Waals surface area contributed by atoms with Gasteiger partial charge in [0.1, 0.15) is 18.2 Å². The number of nitrogens with zero attached hydrogens (tertiary/aromatic N) is 2. The van der Waals surface area contributed by atoms with Gasteiger partial charge in [-0.25, -0.2) is 4.98 Å². The standard InChI is InChI=1S/C27H29N3O4/c1-18-9-11-21(15-19(18)2)34-14-13-30-23-8-6-5-7-22(23)29-26(30)17-28-27(31)20-10-12-24(32-3)25(16-20)33-4/h5-12,15-16H,13-14,17H2,1-4H3,(H,28,31). The van der Waals surface area contributed by atoms with Gasteiger partial charge in [-0.1, -0.05) is 18.2 Å². The molecule has 0 radical (unpaired) electrons. The van der Waals surface area contributed by atoms with E-state index in [0.717, 1.165) is 22.6 Å². The summed E-state index contributed by atoms with van der Waals surface area (Å²) in [6.07, 6.45) is 0. The van der Waals surface area contributed by atoms with Crippen molar-refractivity contribution in [1.29, 1.82) is 0 Å². The van der Waals surface area contributed by atoms with Crippen LogP contribution < -0.4 is 19.5 Å². The summed E-state index contributed by atoms with van der Waals surface area (Å²) in [6, 6.07) is 19.1. The Kier molecular flexibility index (Phi) is 7.01. The van der Waals surface area contributed by atoms with E-state index in [2.05, 4.69) is 29.8 Å². The third-order valence-corrected chi connectivity index (χ3v) is 5.85. The highest BCUT2D eigenvalue weighted by atomic mass is 16.5. The lowest BCUT2D eigenvalue weighted by Crippen LogP contribution is -2.25. The Morgan fingerprint density at radius 3 is 2.50 bits per heavy atom. The highest BCUT2D eigenvalue weighted by Crippen LogP contribution is 2.27. The van der Waals surface area contributed by atoms with Crippen LogP contribution in [0.3, 0.4) is 0 Å². The first kappa shape index (κ1) is 23.2. The molecular formula is C27H29N3O4. The number of rotatable bonds is 9. The van der Waals surface area contributed by atoms with Crippen molar-refractivity contribution in [1.82, 2.24) is 14.9 Å². The molecule has 0 atom stereocenters. The van der Waals surface area contributed by atoms with Gasteiger partial charge in [-0.05, 0) is 67.4 Å². The number of benzene rings is 3. The average molecular weight is 460 g/mol. The van der Waals surface area contributed by atoms with Crippen molar-refractivity contribution in [2.45, 2.75) is 26.9 Å². The van der Waals surface area contributed by atoms with Crippen molar-refractivity contribution < 1.29 is 19.0 Å². The van der Waals surface area contributed by atoms with Gasteiger partial charge >= 0.3 is 0 Å². The van der Waals surface area contributed by atoms with Crippen LogP contribution in [0.5, 0.6) is 17.2 Å². The summed E-state index contributed by atoms with van der Waals surface area (Å²) in [4.78, 5) is 17.5. The second kappa shape index (κ2) is 10.3. The third-order valence-electron chi connectivity index (χ3n) is 5.85. The van der Waals surface area contributed by atoms with Crippen LogP contribution in [-0.4, -0.2) is 36.3 Å². The number of carbonyl (C=O) groups excluding carboxylic acids is 1. The number of aromatic nitrogens is 2. The lowest BCUT2D eigenvalue weighted by atomic mass is 10.1. The molecule has 0 aliphatic heterocycles. The number of aryl methyl sites for hydroxylation is 2. The Morgan fingerprint density at radius 2 is 1.74 bits per heavy atom. The first-order valence-electron chi connectivity index (χ1n) is 11.1. The fourth-order valence-electron chi connectivity index (χ4n) is 3.81. The van der Waals surface area contributed by atoms with E-state index in [0.29, 0.717) is 30.2 Å². The van der Waals surface area contributed by atoms with Crippen LogP contribution >= 0.6 is 0 Å². The van der Waals surface area contributed by atoms with Crippen molar-refractivity contribution in [3.8, 4) is 17.2 Å². The number of methoxy groups -OCH3 is 2. The monoisotopic (exact) mass is 459 g/mol. The fourth-order valence-corrected chi connectivity index (χ4v) is 3.81. The Hall–Kier alpha value is -4.00. The predicted octanol–water partition coefficient (Wildman–Crippen LogP) is 4.68. The van der Waals surface area contributed by atoms with Crippen molar-refractivity contribution in [3.63, 3.8) is 0 Å². The van der Waals surface area contributed by atoms with Crippen LogP contribution in [0, 0.1) is 13.8 Å². The summed E-state index contributed by atoms with van der Waals surface area (Å²) < 4.78 is 18.6. The van der Waals surface area contributed by atoms with Crippen LogP contribution in [0.4, 0.5) is 0 Å². The first-order chi connectivity index (χ1) is 16.5. The molecule has 0 bridgehead atoms. The maximum Gasteiger partial charge on any atom is 0.251 e. The summed E-state index contributed by atoms with van der Waals surface area (Å²) in [5.41, 5.74) is 4.80. The van der Waals surface area contributed by atoms with Crippen LogP contribution in [0.1, 0.15) is 27.3 Å². The molecule has 3 aromatic carbocycles. The first-order valence-corrected chi connectivity index (χ1v) is 11.1. The summed E-state index contributed by atoms with van der Waals surface area (Å²) in [6.45, 7) is 5.53. The van der Waals surface area contributed by atoms with Crippen molar-refractivity contribution in [3.05, 3.63) is 83.2 Å². The molecule has 0 unspecified atom stereocenters. The van der Waals surface area contributed by atoms with Crippen molar-refractivity contribution in [2.75, 3.05) is 20.8 Å². The molecule has 4 rings (SSSR count). The molecule has 34 heavy (non-hydrogen) atoms. The fraction of sp³-hybridized carbons (Fsp3) is 0.259. The van der Waals surface area contributed by atoms with Crippen LogP contribution in [0.2, 0.25) is 0 Å². The number of imidazole rings is 1.